The van der Waals surface area contributed by atoms with Crippen LogP contribution in [-0.4, -0.2) is 41.5 Å². The van der Waals surface area contributed by atoms with E-state index in [1.54, 1.807) is 0 Å². The van der Waals surface area contributed by atoms with Crippen LogP contribution in [0.2, 0.25) is 6.04 Å². The lowest BCUT2D eigenvalue weighted by Gasteiger charge is -2.28. The molecule has 2 N–H and O–H groups in total. The van der Waals surface area contributed by atoms with Crippen LogP contribution in [0.3, 0.4) is 0 Å². The highest BCUT2D eigenvalue weighted by molar-refractivity contribution is 6.60. The van der Waals surface area contributed by atoms with Crippen molar-refractivity contribution in [3.63, 3.8) is 0 Å². The van der Waals surface area contributed by atoms with Crippen molar-refractivity contribution in [3.8, 4) is 0 Å². The molecule has 0 spiro atoms. The molecule has 0 aromatic heterocycles. The van der Waals surface area contributed by atoms with Crippen LogP contribution in [0.25, 0.3) is 0 Å². The summed E-state index contributed by atoms with van der Waals surface area (Å²) in [5, 5.41) is 0. The summed E-state index contributed by atoms with van der Waals surface area (Å²) in [5.74, 6) is 0. The van der Waals surface area contributed by atoms with Gasteiger partial charge in [0.05, 0.1) is 0 Å². The summed E-state index contributed by atoms with van der Waals surface area (Å²) in [6.45, 7) is 10.1. The van der Waals surface area contributed by atoms with E-state index in [0.717, 1.165) is 12.5 Å². The quantitative estimate of drug-likeness (QED) is 0.350. The van der Waals surface area contributed by atoms with Gasteiger partial charge in [-0.05, 0) is 34.1 Å². The van der Waals surface area contributed by atoms with Gasteiger partial charge in [-0.15, -0.1) is 0 Å². The monoisotopic (exact) mass is 265 g/mol. The minimum absolute atomic E-state index is 0.225. The first-order valence-electron chi connectivity index (χ1n) is 6.39. The molecule has 6 heteroatoms. The van der Waals surface area contributed by atoms with Gasteiger partial charge in [-0.3, -0.25) is 0 Å². The van der Waals surface area contributed by atoms with Gasteiger partial charge in [-0.1, -0.05) is 0 Å². The minimum Gasteiger partial charge on any atom is -0.374 e. The molecule has 1 unspecified atom stereocenters. The minimum atomic E-state index is -2.49. The molecule has 0 rings (SSSR count). The average Bonchev–Trinajstić information content (AvgIpc) is 2.25. The number of hydrogen-bond acceptors (Lipinski definition) is 5. The van der Waals surface area contributed by atoms with Crippen LogP contribution in [0, 0.1) is 0 Å². The van der Waals surface area contributed by atoms with E-state index in [-0.39, 0.29) is 6.23 Å². The fourth-order valence-electron chi connectivity index (χ4n) is 1.56. The Morgan fingerprint density at radius 3 is 1.82 bits per heavy atom. The van der Waals surface area contributed by atoms with Gasteiger partial charge < -0.3 is 23.7 Å². The van der Waals surface area contributed by atoms with Crippen LogP contribution in [0.1, 0.15) is 34.1 Å². The normalized spacial score (nSPS) is 13.9. The number of hydrogen-bond donors (Lipinski definition) is 1. The maximum Gasteiger partial charge on any atom is 0.501 e. The second-order valence-corrected chi connectivity index (χ2v) is 6.39. The second kappa shape index (κ2) is 9.99. The summed E-state index contributed by atoms with van der Waals surface area (Å²) < 4.78 is 22.5. The molecule has 1 atom stereocenters. The molecule has 0 bridgehead atoms. The molecule has 0 aromatic carbocycles. The van der Waals surface area contributed by atoms with Gasteiger partial charge in [-0.25, -0.2) is 0 Å². The van der Waals surface area contributed by atoms with E-state index in [4.69, 9.17) is 23.7 Å². The molecule has 0 saturated carbocycles. The zero-order valence-corrected chi connectivity index (χ0v) is 12.5. The Labute approximate surface area is 106 Å². The van der Waals surface area contributed by atoms with E-state index in [0.29, 0.717) is 26.4 Å². The predicted octanol–water partition coefficient (Wildman–Crippen LogP) is 1.75. The Hall–Kier alpha value is 0.0169. The van der Waals surface area contributed by atoms with E-state index < -0.39 is 8.80 Å². The van der Waals surface area contributed by atoms with Gasteiger partial charge in [-0.2, -0.15) is 0 Å². The zero-order chi connectivity index (χ0) is 13.1. The molecule has 5 nitrogen and oxygen atoms in total. The van der Waals surface area contributed by atoms with Crippen molar-refractivity contribution < 1.29 is 18.0 Å². The second-order valence-electron chi connectivity index (χ2n) is 3.66. The Kier molecular flexibility index (Phi) is 10.00. The van der Waals surface area contributed by atoms with Crippen molar-refractivity contribution in [3.05, 3.63) is 0 Å². The molecule has 0 saturated heterocycles. The summed E-state index contributed by atoms with van der Waals surface area (Å²) in [6, 6.07) is 0.773. The van der Waals surface area contributed by atoms with Crippen LogP contribution in [-0.2, 0) is 18.0 Å². The first-order valence-corrected chi connectivity index (χ1v) is 8.32. The van der Waals surface area contributed by atoms with Crippen LogP contribution >= 0.6 is 0 Å². The van der Waals surface area contributed by atoms with E-state index >= 15 is 0 Å². The van der Waals surface area contributed by atoms with Gasteiger partial charge in [0.1, 0.15) is 6.23 Å². The van der Waals surface area contributed by atoms with Crippen molar-refractivity contribution in [1.82, 2.24) is 0 Å². The fraction of sp³-hybridized carbons (Fsp3) is 1.00. The summed E-state index contributed by atoms with van der Waals surface area (Å²) >= 11 is 0. The van der Waals surface area contributed by atoms with Crippen molar-refractivity contribution in [2.24, 2.45) is 5.73 Å². The molecule has 104 valence electrons. The first kappa shape index (κ1) is 17.0. The largest absolute Gasteiger partial charge is 0.501 e. The Balaban J connectivity index is 4.14. The highest BCUT2D eigenvalue weighted by atomic mass is 28.4. The van der Waals surface area contributed by atoms with Crippen molar-refractivity contribution in [2.45, 2.75) is 46.4 Å². The number of nitrogens with two attached hydrogens (primary N) is 1. The van der Waals surface area contributed by atoms with Crippen LogP contribution in [0.15, 0.2) is 0 Å². The highest BCUT2D eigenvalue weighted by Crippen LogP contribution is 2.18. The molecule has 0 aliphatic heterocycles. The van der Waals surface area contributed by atoms with E-state index in [1.807, 2.05) is 27.7 Å². The Bertz CT molecular complexity index is 164. The Morgan fingerprint density at radius 1 is 1.00 bits per heavy atom. The van der Waals surface area contributed by atoms with E-state index in [9.17, 15) is 0 Å². The molecular weight excluding hydrogens is 238 g/mol. The number of rotatable bonds is 11. The summed E-state index contributed by atoms with van der Waals surface area (Å²) in [4.78, 5) is 0. The molecule has 0 aliphatic rings. The lowest BCUT2D eigenvalue weighted by molar-refractivity contribution is 0.0530. The van der Waals surface area contributed by atoms with Gasteiger partial charge in [0.25, 0.3) is 0 Å². The third-order valence-electron chi connectivity index (χ3n) is 2.10. The number of ether oxygens (including phenoxy) is 1. The van der Waals surface area contributed by atoms with E-state index in [2.05, 4.69) is 0 Å². The predicted molar refractivity (Wildman–Crippen MR) is 69.7 cm³/mol. The molecule has 0 amide bonds. The van der Waals surface area contributed by atoms with Gasteiger partial charge in [0.15, 0.2) is 0 Å². The topological polar surface area (TPSA) is 62.9 Å². The lowest BCUT2D eigenvalue weighted by Crippen LogP contribution is -2.46. The summed E-state index contributed by atoms with van der Waals surface area (Å²) in [6.07, 6.45) is 0.616. The van der Waals surface area contributed by atoms with Crippen LogP contribution in [0.5, 0.6) is 0 Å². The van der Waals surface area contributed by atoms with Gasteiger partial charge >= 0.3 is 8.80 Å². The maximum atomic E-state index is 5.73. The Morgan fingerprint density at radius 2 is 1.47 bits per heavy atom. The van der Waals surface area contributed by atoms with Crippen molar-refractivity contribution in [2.75, 3.05) is 26.4 Å². The highest BCUT2D eigenvalue weighted by Gasteiger charge is 2.39. The molecule has 0 aliphatic carbocycles. The molecule has 0 radical (unpaired) electrons. The maximum absolute atomic E-state index is 5.73. The first-order chi connectivity index (χ1) is 8.10. The third-order valence-corrected chi connectivity index (χ3v) is 5.25. The zero-order valence-electron chi connectivity index (χ0n) is 11.5. The molecule has 0 fully saturated rings. The van der Waals surface area contributed by atoms with Crippen LogP contribution in [0.4, 0.5) is 0 Å². The molecule has 17 heavy (non-hydrogen) atoms. The molecular formula is C11H27NO4Si. The summed E-state index contributed by atoms with van der Waals surface area (Å²) in [7, 11) is -2.49. The van der Waals surface area contributed by atoms with Crippen molar-refractivity contribution in [1.29, 1.82) is 0 Å². The van der Waals surface area contributed by atoms with Crippen LogP contribution < -0.4 is 5.73 Å². The fourth-order valence-corrected chi connectivity index (χ4v) is 4.14. The van der Waals surface area contributed by atoms with Gasteiger partial charge in [0.2, 0.25) is 0 Å². The standard InChI is InChI=1S/C11H27NO4Si/c1-5-14-17(15-6-2,16-7-3)10-8-9-13-11(4)12/h11H,5-10,12H2,1-4H3. The van der Waals surface area contributed by atoms with E-state index in [1.165, 1.54) is 0 Å². The summed E-state index contributed by atoms with van der Waals surface area (Å²) in [5.41, 5.74) is 5.51. The smallest absolute Gasteiger partial charge is 0.374 e. The average molecular weight is 265 g/mol. The molecule has 0 heterocycles. The SMILES string of the molecule is CCO[Si](CCCOC(C)N)(OCC)OCC. The lowest BCUT2D eigenvalue weighted by atomic mass is 10.5. The third kappa shape index (κ3) is 7.85. The molecule has 0 aromatic rings. The van der Waals surface area contributed by atoms with Crippen molar-refractivity contribution >= 4 is 8.80 Å². The van der Waals surface area contributed by atoms with Gasteiger partial charge in [0, 0.05) is 32.5 Å².